The molecule has 1 saturated carbocycles. The lowest BCUT2D eigenvalue weighted by molar-refractivity contribution is -0.141. The second-order valence-corrected chi connectivity index (χ2v) is 19.5. The van der Waals surface area contributed by atoms with Crippen LogP contribution in [0.5, 0.6) is 0 Å². The Balaban J connectivity index is 1.27. The Bertz CT molecular complexity index is 2020. The second kappa shape index (κ2) is 16.1. The van der Waals surface area contributed by atoms with Gasteiger partial charge in [0.25, 0.3) is 15.9 Å². The second-order valence-electron chi connectivity index (χ2n) is 15.1. The van der Waals surface area contributed by atoms with Crippen LogP contribution in [0.1, 0.15) is 76.8 Å². The largest absolute Gasteiger partial charge is 0.444 e. The maximum atomic E-state index is 14.4. The van der Waals surface area contributed by atoms with Crippen LogP contribution in [-0.4, -0.2) is 84.0 Å². The van der Waals surface area contributed by atoms with Gasteiger partial charge in [0.05, 0.1) is 17.4 Å². The molecule has 1 aromatic heterocycles. The van der Waals surface area contributed by atoms with Gasteiger partial charge < -0.3 is 25.0 Å². The molecule has 298 valence electrons. The van der Waals surface area contributed by atoms with Crippen molar-refractivity contribution in [3.05, 3.63) is 61.2 Å². The summed E-state index contributed by atoms with van der Waals surface area (Å²) in [5, 5.41) is 5.96. The number of nitrogens with one attached hydrogen (secondary N) is 3. The standard InChI is InChI=1S/C36H42Cl3N5O9S2/c1-35(2,3)53-33(48)40-25-13-8-6-4-5-7-11-21-16-36(21,32(47)42-55(50,51)27-15-28(38)54-29(27)39)41-30(45)26-14-22(18-44(26)31(25)46)52-34(49)43-17-20-10-9-12-24(37)23(20)19-43/h7,9-12,15,21-22,25-26H,4-6,8,13-14,16-19H2,1-3H3,(H,40,48)(H,41,45)(H,42,47)/b11-7-/t21-,22+,25-,26-,36+/m0/s1. The van der Waals surface area contributed by atoms with E-state index in [1.165, 1.54) is 9.80 Å². The normalized spacial score (nSPS) is 26.4. The van der Waals surface area contributed by atoms with Crippen LogP contribution in [0.25, 0.3) is 0 Å². The number of ether oxygens (including phenoxy) is 2. The number of sulfonamides is 1. The summed E-state index contributed by atoms with van der Waals surface area (Å²) in [5.41, 5.74) is -0.866. The molecule has 0 spiro atoms. The van der Waals surface area contributed by atoms with Crippen LogP contribution >= 0.6 is 46.1 Å². The van der Waals surface area contributed by atoms with Crippen molar-refractivity contribution in [3.63, 3.8) is 0 Å². The third kappa shape index (κ3) is 9.36. The van der Waals surface area contributed by atoms with Gasteiger partial charge in [-0.3, -0.25) is 19.3 Å². The van der Waals surface area contributed by atoms with Crippen LogP contribution in [0.3, 0.4) is 0 Å². The van der Waals surface area contributed by atoms with Gasteiger partial charge in [-0.2, -0.15) is 0 Å². The summed E-state index contributed by atoms with van der Waals surface area (Å²) in [5.74, 6) is -2.93. The molecule has 1 saturated heterocycles. The zero-order valence-electron chi connectivity index (χ0n) is 30.4. The summed E-state index contributed by atoms with van der Waals surface area (Å²) in [7, 11) is -4.49. The van der Waals surface area contributed by atoms with Crippen molar-refractivity contribution in [1.82, 2.24) is 25.2 Å². The molecule has 0 radical (unpaired) electrons. The number of benzene rings is 1. The molecular formula is C36H42Cl3N5O9S2. The minimum absolute atomic E-state index is 0.0781. The molecular weight excluding hydrogens is 817 g/mol. The van der Waals surface area contributed by atoms with E-state index < -0.39 is 75.2 Å². The fraction of sp³-hybridized carbons (Fsp3) is 0.528. The first-order valence-corrected chi connectivity index (χ1v) is 21.3. The topological polar surface area (TPSA) is 181 Å². The molecule has 5 amide bonds. The number of alkyl carbamates (subject to hydrolysis) is 1. The number of carbonyl (C=O) groups is 5. The molecule has 4 heterocycles. The number of rotatable bonds is 5. The first kappa shape index (κ1) is 41.1. The van der Waals surface area contributed by atoms with Crippen LogP contribution in [-0.2, 0) is 47.0 Å². The Hall–Kier alpha value is -3.57. The molecule has 19 heteroatoms. The van der Waals surface area contributed by atoms with Crippen molar-refractivity contribution < 1.29 is 41.9 Å². The third-order valence-corrected chi connectivity index (χ3v) is 13.4. The highest BCUT2D eigenvalue weighted by Crippen LogP contribution is 2.46. The first-order chi connectivity index (χ1) is 25.9. The Labute approximate surface area is 338 Å². The zero-order chi connectivity index (χ0) is 39.9. The first-order valence-electron chi connectivity index (χ1n) is 17.9. The van der Waals surface area contributed by atoms with Crippen molar-refractivity contribution in [3.8, 4) is 0 Å². The lowest BCUT2D eigenvalue weighted by Crippen LogP contribution is -2.58. The van der Waals surface area contributed by atoms with Gasteiger partial charge in [0.2, 0.25) is 11.8 Å². The zero-order valence-corrected chi connectivity index (χ0v) is 34.3. The van der Waals surface area contributed by atoms with Crippen LogP contribution < -0.4 is 15.4 Å². The Kier molecular flexibility index (Phi) is 12.0. The quantitative estimate of drug-likeness (QED) is 0.308. The lowest BCUT2D eigenvalue weighted by atomic mass is 10.0. The maximum Gasteiger partial charge on any atom is 0.410 e. The molecule has 6 rings (SSSR count). The van der Waals surface area contributed by atoms with E-state index in [0.717, 1.165) is 35.0 Å². The van der Waals surface area contributed by atoms with E-state index >= 15 is 0 Å². The van der Waals surface area contributed by atoms with E-state index in [-0.39, 0.29) is 52.5 Å². The molecule has 0 bridgehead atoms. The summed E-state index contributed by atoms with van der Waals surface area (Å²) in [4.78, 5) is 71.3. The highest BCUT2D eigenvalue weighted by atomic mass is 35.5. The number of nitrogens with zero attached hydrogens (tertiary/aromatic N) is 2. The van der Waals surface area contributed by atoms with E-state index in [0.29, 0.717) is 24.3 Å². The molecule has 55 heavy (non-hydrogen) atoms. The van der Waals surface area contributed by atoms with Gasteiger partial charge in [0.15, 0.2) is 0 Å². The molecule has 14 nitrogen and oxygen atoms in total. The van der Waals surface area contributed by atoms with Crippen LogP contribution in [0.15, 0.2) is 41.3 Å². The molecule has 3 aliphatic heterocycles. The molecule has 3 N–H and O–H groups in total. The molecule has 5 atom stereocenters. The van der Waals surface area contributed by atoms with Crippen LogP contribution in [0.2, 0.25) is 13.7 Å². The maximum absolute atomic E-state index is 14.4. The van der Waals surface area contributed by atoms with Gasteiger partial charge >= 0.3 is 12.2 Å². The summed E-state index contributed by atoms with van der Waals surface area (Å²) in [6, 6.07) is 4.16. The van der Waals surface area contributed by atoms with E-state index in [1.807, 2.05) is 12.1 Å². The summed E-state index contributed by atoms with van der Waals surface area (Å²) in [6.07, 6.45) is 4.01. The van der Waals surface area contributed by atoms with E-state index in [4.69, 9.17) is 44.3 Å². The van der Waals surface area contributed by atoms with Crippen molar-refractivity contribution in [2.75, 3.05) is 6.54 Å². The number of hydrogen-bond donors (Lipinski definition) is 3. The van der Waals surface area contributed by atoms with Crippen molar-refractivity contribution in [2.24, 2.45) is 5.92 Å². The molecule has 1 aromatic carbocycles. The lowest BCUT2D eigenvalue weighted by Gasteiger charge is -2.30. The number of carbonyl (C=O) groups excluding carboxylic acids is 5. The smallest absolute Gasteiger partial charge is 0.410 e. The predicted molar refractivity (Wildman–Crippen MR) is 205 cm³/mol. The Morgan fingerprint density at radius 1 is 1.07 bits per heavy atom. The number of halogens is 3. The summed E-state index contributed by atoms with van der Waals surface area (Å²) >= 11 is 19.3. The van der Waals surface area contributed by atoms with E-state index in [9.17, 15) is 32.4 Å². The van der Waals surface area contributed by atoms with Crippen LogP contribution in [0.4, 0.5) is 9.59 Å². The van der Waals surface area contributed by atoms with Gasteiger partial charge in [0.1, 0.15) is 38.6 Å². The van der Waals surface area contributed by atoms with Gasteiger partial charge in [-0.1, -0.05) is 71.9 Å². The SMILES string of the molecule is CC(C)(C)OC(=O)N[C@H]1CCCCC/C=C\[C@H]2C[C@@]2(C(=O)NS(=O)(=O)c2cc(Cl)sc2Cl)NC(=O)[C@@H]2C[C@@H](OC(=O)N3Cc4cccc(Cl)c4C3)CN2C1=O. The monoisotopic (exact) mass is 857 g/mol. The predicted octanol–water partition coefficient (Wildman–Crippen LogP) is 5.92. The molecule has 0 unspecified atom stereocenters. The van der Waals surface area contributed by atoms with Crippen molar-refractivity contribution >= 4 is 86.1 Å². The van der Waals surface area contributed by atoms with Crippen LogP contribution in [0, 0.1) is 5.92 Å². The minimum atomic E-state index is -4.49. The summed E-state index contributed by atoms with van der Waals surface area (Å²) in [6.45, 7) is 5.36. The van der Waals surface area contributed by atoms with Gasteiger partial charge in [-0.25, -0.2) is 22.7 Å². The summed E-state index contributed by atoms with van der Waals surface area (Å²) < 4.78 is 39.9. The van der Waals surface area contributed by atoms with Gasteiger partial charge in [-0.15, -0.1) is 11.3 Å². The fourth-order valence-corrected chi connectivity index (χ4v) is 10.6. The van der Waals surface area contributed by atoms with Crippen molar-refractivity contribution in [2.45, 2.75) is 113 Å². The number of allylic oxidation sites excluding steroid dienone is 1. The third-order valence-electron chi connectivity index (χ3n) is 9.93. The minimum Gasteiger partial charge on any atom is -0.444 e. The number of thiophene rings is 1. The number of amides is 5. The van der Waals surface area contributed by atoms with E-state index in [2.05, 4.69) is 15.4 Å². The Morgan fingerprint density at radius 3 is 2.53 bits per heavy atom. The fourth-order valence-electron chi connectivity index (χ4n) is 7.12. The molecule has 2 aromatic rings. The molecule has 4 aliphatic rings. The molecule has 1 aliphatic carbocycles. The van der Waals surface area contributed by atoms with E-state index in [1.54, 1.807) is 39.0 Å². The highest BCUT2D eigenvalue weighted by molar-refractivity contribution is 7.90. The average molecular weight is 859 g/mol. The number of hydrogen-bond acceptors (Lipinski definition) is 10. The number of fused-ring (bicyclic) bond motifs is 3. The Morgan fingerprint density at radius 2 is 1.84 bits per heavy atom. The van der Waals surface area contributed by atoms with Gasteiger partial charge in [-0.05, 0) is 69.7 Å². The average Bonchev–Trinajstić information content (AvgIpc) is 3.39. The molecule has 2 fully saturated rings. The van der Waals surface area contributed by atoms with Crippen molar-refractivity contribution in [1.29, 1.82) is 0 Å². The van der Waals surface area contributed by atoms with Gasteiger partial charge in [0, 0.05) is 23.9 Å². The highest BCUT2D eigenvalue weighted by Gasteiger charge is 2.62.